The molecule has 0 amide bonds. The van der Waals surface area contributed by atoms with Gasteiger partial charge in [-0.2, -0.15) is 0 Å². The van der Waals surface area contributed by atoms with Gasteiger partial charge in [0.25, 0.3) is 0 Å². The second-order valence-corrected chi connectivity index (χ2v) is 8.51. The fourth-order valence-corrected chi connectivity index (χ4v) is 4.58. The number of nitrogens with one attached hydrogen (secondary N) is 1. The number of pyridine rings is 1. The molecule has 1 N–H and O–H groups in total. The smallest absolute Gasteiger partial charge is 0.0871 e. The number of para-hydroxylation sites is 2. The van der Waals surface area contributed by atoms with E-state index < -0.39 is 0 Å². The average molecular weight is 438 g/mol. The molecule has 2 aromatic heterocycles. The topological polar surface area (TPSA) is 41.6 Å². The van der Waals surface area contributed by atoms with Crippen LogP contribution < -0.4 is 0 Å². The SMILES string of the molecule is C=Cc1c(C)ccc2ccc(-c3ccc4c5nc6ccccc6[nH]cc(c4c3)/C=C\C=C/5)nc12. The van der Waals surface area contributed by atoms with E-state index in [1.165, 1.54) is 5.56 Å². The molecule has 0 saturated carbocycles. The van der Waals surface area contributed by atoms with Crippen molar-refractivity contribution in [3.63, 3.8) is 0 Å². The van der Waals surface area contributed by atoms with Crippen LogP contribution >= 0.6 is 0 Å². The molecule has 2 heterocycles. The van der Waals surface area contributed by atoms with Crippen molar-refractivity contribution in [2.45, 2.75) is 6.92 Å². The summed E-state index contributed by atoms with van der Waals surface area (Å²) in [7, 11) is 0. The number of hydrogen-bond donors (Lipinski definition) is 1. The molecule has 0 unspecified atom stereocenters. The first-order valence-corrected chi connectivity index (χ1v) is 11.4. The van der Waals surface area contributed by atoms with Crippen molar-refractivity contribution in [3.8, 4) is 11.3 Å². The van der Waals surface area contributed by atoms with Crippen LogP contribution in [0.3, 0.4) is 0 Å². The summed E-state index contributed by atoms with van der Waals surface area (Å²) in [6, 6.07) is 23.1. The van der Waals surface area contributed by atoms with E-state index in [1.807, 2.05) is 30.4 Å². The monoisotopic (exact) mass is 437 g/mol. The predicted octanol–water partition coefficient (Wildman–Crippen LogP) is 8.05. The van der Waals surface area contributed by atoms with Crippen LogP contribution in [0.5, 0.6) is 0 Å². The van der Waals surface area contributed by atoms with E-state index in [0.717, 1.165) is 60.8 Å². The summed E-state index contributed by atoms with van der Waals surface area (Å²) in [6.45, 7) is 6.11. The van der Waals surface area contributed by atoms with Crippen molar-refractivity contribution < 1.29 is 0 Å². The standard InChI is InChI=1S/C31H23N3/c1-3-24-20(2)12-13-21-15-17-27(34-31(21)24)22-14-16-25-26(18-22)23-8-4-5-9-28(25)33-30-11-7-6-10-29(30)32-19-23/h3-19,32H,1H2,2H3/b8-4-,9-5-,23-19?,33-28?. The van der Waals surface area contributed by atoms with E-state index in [4.69, 9.17) is 9.97 Å². The summed E-state index contributed by atoms with van der Waals surface area (Å²) in [5, 5.41) is 3.33. The highest BCUT2D eigenvalue weighted by molar-refractivity contribution is 5.98. The van der Waals surface area contributed by atoms with Gasteiger partial charge < -0.3 is 4.98 Å². The van der Waals surface area contributed by atoms with E-state index >= 15 is 0 Å². The predicted molar refractivity (Wildman–Crippen MR) is 145 cm³/mol. The Morgan fingerprint density at radius 1 is 0.853 bits per heavy atom. The van der Waals surface area contributed by atoms with Gasteiger partial charge in [0, 0.05) is 28.1 Å². The van der Waals surface area contributed by atoms with E-state index in [1.54, 1.807) is 0 Å². The molecular weight excluding hydrogens is 414 g/mol. The lowest BCUT2D eigenvalue weighted by Crippen LogP contribution is -1.91. The van der Waals surface area contributed by atoms with Crippen LogP contribution in [0.1, 0.15) is 22.4 Å². The zero-order valence-electron chi connectivity index (χ0n) is 18.9. The highest BCUT2D eigenvalue weighted by Gasteiger charge is 2.10. The molecule has 162 valence electrons. The molecule has 0 radical (unpaired) electrons. The molecule has 0 fully saturated rings. The summed E-state index contributed by atoms with van der Waals surface area (Å²) in [5.41, 5.74) is 9.18. The Bertz CT molecular complexity index is 1730. The first kappa shape index (κ1) is 20.1. The fourth-order valence-electron chi connectivity index (χ4n) is 4.58. The van der Waals surface area contributed by atoms with E-state index in [0.29, 0.717) is 0 Å². The molecule has 1 aliphatic carbocycles. The van der Waals surface area contributed by atoms with Crippen LogP contribution in [0, 0.1) is 6.92 Å². The average Bonchev–Trinajstić information content (AvgIpc) is 2.88. The van der Waals surface area contributed by atoms with Crippen LogP contribution in [0.25, 0.3) is 62.2 Å². The van der Waals surface area contributed by atoms with Crippen molar-refractivity contribution >= 4 is 50.9 Å². The van der Waals surface area contributed by atoms with E-state index in [9.17, 15) is 0 Å². The van der Waals surface area contributed by atoms with Gasteiger partial charge in [0.1, 0.15) is 0 Å². The van der Waals surface area contributed by atoms with Crippen molar-refractivity contribution in [2.75, 3.05) is 0 Å². The Labute approximate surface area is 198 Å². The fraction of sp³-hybridized carbons (Fsp3) is 0.0323. The van der Waals surface area contributed by atoms with Crippen LogP contribution in [0.4, 0.5) is 0 Å². The number of aromatic nitrogens is 3. The molecule has 0 spiro atoms. The molecule has 0 atom stereocenters. The number of allylic oxidation sites excluding steroid dienone is 2. The normalized spacial score (nSPS) is 14.0. The Balaban J connectivity index is 1.66. The third-order valence-electron chi connectivity index (χ3n) is 6.39. The number of nitrogens with zero attached hydrogens (tertiary/aromatic N) is 2. The van der Waals surface area contributed by atoms with Gasteiger partial charge in [-0.05, 0) is 53.8 Å². The number of rotatable bonds is 2. The van der Waals surface area contributed by atoms with Crippen LogP contribution in [-0.2, 0) is 0 Å². The van der Waals surface area contributed by atoms with Crippen LogP contribution in [0.15, 0.2) is 91.7 Å². The molecular formula is C31H23N3. The quantitative estimate of drug-likeness (QED) is 0.303. The van der Waals surface area contributed by atoms with Gasteiger partial charge in [-0.3, -0.25) is 0 Å². The summed E-state index contributed by atoms with van der Waals surface area (Å²) in [6.07, 6.45) is 12.3. The number of fused-ring (bicyclic) bond motifs is 2. The van der Waals surface area contributed by atoms with E-state index in [2.05, 4.69) is 91.4 Å². The van der Waals surface area contributed by atoms with Gasteiger partial charge in [0.15, 0.2) is 0 Å². The largest absolute Gasteiger partial charge is 0.359 e. The van der Waals surface area contributed by atoms with Crippen LogP contribution in [0.2, 0.25) is 0 Å². The Morgan fingerprint density at radius 3 is 2.62 bits per heavy atom. The van der Waals surface area contributed by atoms with E-state index in [-0.39, 0.29) is 0 Å². The summed E-state index contributed by atoms with van der Waals surface area (Å²) in [4.78, 5) is 13.5. The van der Waals surface area contributed by atoms with Gasteiger partial charge in [-0.15, -0.1) is 0 Å². The summed E-state index contributed by atoms with van der Waals surface area (Å²) >= 11 is 0. The van der Waals surface area contributed by atoms with Gasteiger partial charge in [0.2, 0.25) is 0 Å². The number of H-pyrrole nitrogens is 1. The lowest BCUT2D eigenvalue weighted by molar-refractivity contribution is 1.37. The van der Waals surface area contributed by atoms with Gasteiger partial charge in [0.05, 0.1) is 27.9 Å². The van der Waals surface area contributed by atoms with Gasteiger partial charge in [-0.1, -0.05) is 73.3 Å². The van der Waals surface area contributed by atoms with Gasteiger partial charge >= 0.3 is 0 Å². The first-order chi connectivity index (χ1) is 16.7. The number of benzene rings is 3. The maximum absolute atomic E-state index is 5.05. The lowest BCUT2D eigenvalue weighted by Gasteiger charge is -2.10. The summed E-state index contributed by atoms with van der Waals surface area (Å²) in [5.74, 6) is 0. The minimum Gasteiger partial charge on any atom is -0.359 e. The Kier molecular flexibility index (Phi) is 4.81. The highest BCUT2D eigenvalue weighted by Crippen LogP contribution is 2.31. The maximum Gasteiger partial charge on any atom is 0.0871 e. The Hall–Kier alpha value is -4.50. The third kappa shape index (κ3) is 3.39. The molecule has 5 aromatic rings. The number of aryl methyl sites for hydroxylation is 1. The van der Waals surface area contributed by atoms with Crippen molar-refractivity contribution in [3.05, 3.63) is 114 Å². The van der Waals surface area contributed by atoms with Crippen molar-refractivity contribution in [1.29, 1.82) is 0 Å². The minimum atomic E-state index is 0.917. The molecule has 0 saturated heterocycles. The summed E-state index contributed by atoms with van der Waals surface area (Å²) < 4.78 is 0. The first-order valence-electron chi connectivity index (χ1n) is 11.4. The Morgan fingerprint density at radius 2 is 1.71 bits per heavy atom. The highest BCUT2D eigenvalue weighted by atomic mass is 14.7. The molecule has 1 aliphatic rings. The molecule has 2 bridgehead atoms. The molecule has 34 heavy (non-hydrogen) atoms. The molecule has 3 nitrogen and oxygen atoms in total. The van der Waals surface area contributed by atoms with Gasteiger partial charge in [-0.25, -0.2) is 9.97 Å². The minimum absolute atomic E-state index is 0.917. The third-order valence-corrected chi connectivity index (χ3v) is 6.39. The second kappa shape index (κ2) is 8.13. The molecule has 3 aromatic carbocycles. The number of aromatic amines is 1. The zero-order chi connectivity index (χ0) is 23.1. The molecule has 0 aliphatic heterocycles. The van der Waals surface area contributed by atoms with Crippen LogP contribution in [-0.4, -0.2) is 15.0 Å². The lowest BCUT2D eigenvalue weighted by atomic mass is 9.99. The number of hydrogen-bond acceptors (Lipinski definition) is 2. The molecule has 3 heteroatoms. The molecule has 6 rings (SSSR count). The van der Waals surface area contributed by atoms with Crippen molar-refractivity contribution in [2.24, 2.45) is 0 Å². The maximum atomic E-state index is 5.05. The van der Waals surface area contributed by atoms with Crippen molar-refractivity contribution in [1.82, 2.24) is 15.0 Å². The second-order valence-electron chi connectivity index (χ2n) is 8.51. The zero-order valence-corrected chi connectivity index (χ0v) is 18.9.